The van der Waals surface area contributed by atoms with E-state index in [1.807, 2.05) is 24.3 Å². The molecule has 1 aliphatic carbocycles. The van der Waals surface area contributed by atoms with Crippen LogP contribution in [0.25, 0.3) is 0 Å². The smallest absolute Gasteiger partial charge is 0.0681 e. The molecule has 1 aliphatic rings. The van der Waals surface area contributed by atoms with E-state index >= 15 is 0 Å². The molecule has 0 heterocycles. The maximum absolute atomic E-state index is 9.69. The Labute approximate surface area is 94.3 Å². The fraction of sp³-hybridized carbons (Fsp3) is 0.500. The summed E-state index contributed by atoms with van der Waals surface area (Å²) in [5.74, 6) is 0. The van der Waals surface area contributed by atoms with Crippen molar-refractivity contribution in [1.29, 1.82) is 0 Å². The first-order chi connectivity index (χ1) is 7.29. The van der Waals surface area contributed by atoms with Crippen molar-refractivity contribution in [3.63, 3.8) is 0 Å². The molecule has 82 valence electrons. The molecule has 0 aliphatic heterocycles. The van der Waals surface area contributed by atoms with E-state index in [2.05, 4.69) is 0 Å². The third kappa shape index (κ3) is 2.74. The van der Waals surface area contributed by atoms with Crippen LogP contribution >= 0.6 is 11.8 Å². The molecule has 1 saturated carbocycles. The molecule has 15 heavy (non-hydrogen) atoms. The number of benzene rings is 1. The van der Waals surface area contributed by atoms with Crippen LogP contribution in [0.15, 0.2) is 29.2 Å². The predicted octanol–water partition coefficient (Wildman–Crippen LogP) is 2.18. The Bertz CT molecular complexity index is 310. The molecule has 2 N–H and O–H groups in total. The van der Waals surface area contributed by atoms with Crippen LogP contribution in [0.2, 0.25) is 0 Å². The maximum atomic E-state index is 9.69. The molecule has 0 aromatic heterocycles. The van der Waals surface area contributed by atoms with Gasteiger partial charge in [-0.2, -0.15) is 0 Å². The summed E-state index contributed by atoms with van der Waals surface area (Å²) in [5.41, 5.74) is 0.936. The third-order valence-corrected chi connectivity index (χ3v) is 4.21. The second kappa shape index (κ2) is 5.01. The van der Waals surface area contributed by atoms with Gasteiger partial charge in [-0.1, -0.05) is 12.1 Å². The molecular formula is C12H16O2S. The van der Waals surface area contributed by atoms with Gasteiger partial charge in [-0.3, -0.25) is 0 Å². The number of hydrogen-bond donors (Lipinski definition) is 2. The van der Waals surface area contributed by atoms with Crippen LogP contribution in [-0.2, 0) is 6.61 Å². The zero-order chi connectivity index (χ0) is 10.7. The van der Waals surface area contributed by atoms with Crippen molar-refractivity contribution >= 4 is 11.8 Å². The van der Waals surface area contributed by atoms with Crippen molar-refractivity contribution in [2.75, 3.05) is 0 Å². The molecule has 0 saturated heterocycles. The van der Waals surface area contributed by atoms with E-state index in [-0.39, 0.29) is 12.7 Å². The Morgan fingerprint density at radius 3 is 2.47 bits per heavy atom. The maximum Gasteiger partial charge on any atom is 0.0681 e. The van der Waals surface area contributed by atoms with Gasteiger partial charge < -0.3 is 10.2 Å². The molecule has 3 heteroatoms. The van der Waals surface area contributed by atoms with Gasteiger partial charge in [-0.15, -0.1) is 11.8 Å². The first-order valence-electron chi connectivity index (χ1n) is 5.34. The van der Waals surface area contributed by atoms with E-state index in [0.29, 0.717) is 5.25 Å². The quantitative estimate of drug-likeness (QED) is 0.827. The highest BCUT2D eigenvalue weighted by molar-refractivity contribution is 8.00. The lowest BCUT2D eigenvalue weighted by atomic mass is 10.2. The van der Waals surface area contributed by atoms with Crippen molar-refractivity contribution in [1.82, 2.24) is 0 Å². The average molecular weight is 224 g/mol. The number of hydrogen-bond acceptors (Lipinski definition) is 3. The highest BCUT2D eigenvalue weighted by atomic mass is 32.2. The normalized spacial score (nSPS) is 25.7. The fourth-order valence-electron chi connectivity index (χ4n) is 1.89. The summed E-state index contributed by atoms with van der Waals surface area (Å²) in [6, 6.07) is 7.90. The fourth-order valence-corrected chi connectivity index (χ4v) is 3.11. The average Bonchev–Trinajstić information content (AvgIpc) is 2.66. The Kier molecular flexibility index (Phi) is 3.67. The van der Waals surface area contributed by atoms with Crippen LogP contribution in [0.1, 0.15) is 24.8 Å². The summed E-state index contributed by atoms with van der Waals surface area (Å²) < 4.78 is 0. The van der Waals surface area contributed by atoms with Crippen LogP contribution < -0.4 is 0 Å². The lowest BCUT2D eigenvalue weighted by Gasteiger charge is -2.13. The van der Waals surface area contributed by atoms with Crippen LogP contribution in [0.3, 0.4) is 0 Å². The Morgan fingerprint density at radius 2 is 1.93 bits per heavy atom. The van der Waals surface area contributed by atoms with Crippen LogP contribution in [0.5, 0.6) is 0 Å². The topological polar surface area (TPSA) is 40.5 Å². The van der Waals surface area contributed by atoms with Gasteiger partial charge in [0.25, 0.3) is 0 Å². The van der Waals surface area contributed by atoms with Crippen molar-refractivity contribution in [2.45, 2.75) is 42.1 Å². The van der Waals surface area contributed by atoms with E-state index in [1.165, 1.54) is 4.90 Å². The zero-order valence-corrected chi connectivity index (χ0v) is 9.41. The zero-order valence-electron chi connectivity index (χ0n) is 8.60. The van der Waals surface area contributed by atoms with Gasteiger partial charge in [0.1, 0.15) is 0 Å². The van der Waals surface area contributed by atoms with Crippen molar-refractivity contribution in [3.8, 4) is 0 Å². The molecule has 2 rings (SSSR count). The third-order valence-electron chi connectivity index (χ3n) is 2.81. The molecule has 0 unspecified atom stereocenters. The first kappa shape index (κ1) is 11.0. The second-order valence-corrected chi connectivity index (χ2v) is 5.27. The molecule has 1 aromatic rings. The number of aliphatic hydroxyl groups excluding tert-OH is 2. The van der Waals surface area contributed by atoms with Gasteiger partial charge in [-0.25, -0.2) is 0 Å². The van der Waals surface area contributed by atoms with E-state index in [4.69, 9.17) is 5.11 Å². The van der Waals surface area contributed by atoms with Gasteiger partial charge in [0.15, 0.2) is 0 Å². The molecule has 0 amide bonds. The largest absolute Gasteiger partial charge is 0.392 e. The van der Waals surface area contributed by atoms with Crippen LogP contribution in [0, 0.1) is 0 Å². The molecule has 0 radical (unpaired) electrons. The van der Waals surface area contributed by atoms with Crippen molar-refractivity contribution < 1.29 is 10.2 Å². The van der Waals surface area contributed by atoms with Gasteiger partial charge in [0.05, 0.1) is 12.7 Å². The molecule has 1 aromatic carbocycles. The van der Waals surface area contributed by atoms with Gasteiger partial charge in [0.2, 0.25) is 0 Å². The lowest BCUT2D eigenvalue weighted by Crippen LogP contribution is -2.14. The standard InChI is InChI=1S/C12H16O2S/c13-8-9-4-6-10(7-5-9)15-12-3-1-2-11(12)14/h4-7,11-14H,1-3,8H2/t11-,12-/m0/s1. The summed E-state index contributed by atoms with van der Waals surface area (Å²) in [7, 11) is 0. The summed E-state index contributed by atoms with van der Waals surface area (Å²) >= 11 is 1.75. The van der Waals surface area contributed by atoms with E-state index in [0.717, 1.165) is 24.8 Å². The highest BCUT2D eigenvalue weighted by Crippen LogP contribution is 2.34. The monoisotopic (exact) mass is 224 g/mol. The second-order valence-electron chi connectivity index (χ2n) is 3.96. The minimum Gasteiger partial charge on any atom is -0.392 e. The first-order valence-corrected chi connectivity index (χ1v) is 6.22. The predicted molar refractivity (Wildman–Crippen MR) is 61.9 cm³/mol. The van der Waals surface area contributed by atoms with E-state index < -0.39 is 0 Å². The van der Waals surface area contributed by atoms with E-state index in [1.54, 1.807) is 11.8 Å². The van der Waals surface area contributed by atoms with Crippen molar-refractivity contribution in [3.05, 3.63) is 29.8 Å². The molecule has 2 nitrogen and oxygen atoms in total. The van der Waals surface area contributed by atoms with Gasteiger partial charge in [-0.05, 0) is 37.0 Å². The van der Waals surface area contributed by atoms with E-state index in [9.17, 15) is 5.11 Å². The number of thioether (sulfide) groups is 1. The Hall–Kier alpha value is -0.510. The minimum absolute atomic E-state index is 0.0942. The molecule has 2 atom stereocenters. The highest BCUT2D eigenvalue weighted by Gasteiger charge is 2.25. The summed E-state index contributed by atoms with van der Waals surface area (Å²) in [4.78, 5) is 1.18. The summed E-state index contributed by atoms with van der Waals surface area (Å²) in [5, 5.41) is 18.9. The van der Waals surface area contributed by atoms with Crippen LogP contribution in [0.4, 0.5) is 0 Å². The summed E-state index contributed by atoms with van der Waals surface area (Å²) in [6.45, 7) is 0.0942. The minimum atomic E-state index is -0.146. The lowest BCUT2D eigenvalue weighted by molar-refractivity contribution is 0.188. The molecule has 0 bridgehead atoms. The van der Waals surface area contributed by atoms with Gasteiger partial charge in [0, 0.05) is 10.1 Å². The Morgan fingerprint density at radius 1 is 1.20 bits per heavy atom. The van der Waals surface area contributed by atoms with Gasteiger partial charge >= 0.3 is 0 Å². The molecule has 0 spiro atoms. The van der Waals surface area contributed by atoms with Crippen LogP contribution in [-0.4, -0.2) is 21.6 Å². The summed E-state index contributed by atoms with van der Waals surface area (Å²) in [6.07, 6.45) is 3.03. The molecular weight excluding hydrogens is 208 g/mol. The Balaban J connectivity index is 1.98. The number of aliphatic hydroxyl groups is 2. The SMILES string of the molecule is OCc1ccc(S[C@H]2CCC[C@@H]2O)cc1. The number of rotatable bonds is 3. The van der Waals surface area contributed by atoms with Crippen molar-refractivity contribution in [2.24, 2.45) is 0 Å². The molecule has 1 fully saturated rings.